The number of hydrogen-bond acceptors (Lipinski definition) is 4. The van der Waals surface area contributed by atoms with Crippen molar-refractivity contribution < 1.29 is 9.53 Å². The predicted molar refractivity (Wildman–Crippen MR) is 128 cm³/mol. The fourth-order valence-electron chi connectivity index (χ4n) is 5.26. The number of amides is 1. The first-order chi connectivity index (χ1) is 15.5. The van der Waals surface area contributed by atoms with E-state index >= 15 is 0 Å². The number of ether oxygens (including phenoxy) is 1. The summed E-state index contributed by atoms with van der Waals surface area (Å²) in [5.74, 6) is 0.363. The standard InChI is InChI=1S/C26H38N4O2/c1-5-30(6-2)20-15-23(17(3)4)32-24(16-20)18-11-13-19(14-12-18)27-26(31)25-21-9-7-8-10-22(21)28-29-25/h11-14,17,20,23-24H,5-10,15-16H2,1-4H3,(H,27,31)(H,28,29)/t20-,23-,24+/m1/s1. The van der Waals surface area contributed by atoms with E-state index in [1.165, 1.54) is 5.56 Å². The van der Waals surface area contributed by atoms with E-state index < -0.39 is 0 Å². The van der Waals surface area contributed by atoms with Crippen molar-refractivity contribution in [3.05, 3.63) is 46.8 Å². The second-order valence-corrected chi connectivity index (χ2v) is 9.57. The van der Waals surface area contributed by atoms with E-state index in [1.807, 2.05) is 12.1 Å². The van der Waals surface area contributed by atoms with Gasteiger partial charge in [-0.25, -0.2) is 0 Å². The second-order valence-electron chi connectivity index (χ2n) is 9.57. The molecule has 32 heavy (non-hydrogen) atoms. The smallest absolute Gasteiger partial charge is 0.276 e. The highest BCUT2D eigenvalue weighted by molar-refractivity contribution is 6.04. The third-order valence-electron chi connectivity index (χ3n) is 7.21. The molecule has 2 aliphatic rings. The summed E-state index contributed by atoms with van der Waals surface area (Å²) in [6.45, 7) is 11.1. The van der Waals surface area contributed by atoms with Crippen molar-refractivity contribution in [2.75, 3.05) is 18.4 Å². The number of hydrogen-bond donors (Lipinski definition) is 2. The molecule has 0 radical (unpaired) electrons. The molecule has 1 aliphatic carbocycles. The Morgan fingerprint density at radius 2 is 1.88 bits per heavy atom. The molecule has 1 aliphatic heterocycles. The molecule has 3 atom stereocenters. The SMILES string of the molecule is CCN(CC)[C@H]1C[C@@H](c2ccc(NC(=O)c3n[nH]c4c3CCCC4)cc2)O[C@@H](C(C)C)C1. The highest BCUT2D eigenvalue weighted by Gasteiger charge is 2.34. The van der Waals surface area contributed by atoms with Gasteiger partial charge < -0.3 is 15.0 Å². The van der Waals surface area contributed by atoms with Crippen LogP contribution >= 0.6 is 0 Å². The quantitative estimate of drug-likeness (QED) is 0.629. The molecule has 1 amide bonds. The molecular formula is C26H38N4O2. The van der Waals surface area contributed by atoms with Gasteiger partial charge in [0.05, 0.1) is 12.2 Å². The molecule has 1 fully saturated rings. The molecular weight excluding hydrogens is 400 g/mol. The van der Waals surface area contributed by atoms with Gasteiger partial charge in [-0.1, -0.05) is 39.8 Å². The largest absolute Gasteiger partial charge is 0.370 e. The lowest BCUT2D eigenvalue weighted by Crippen LogP contribution is -2.44. The lowest BCUT2D eigenvalue weighted by atomic mass is 9.89. The minimum Gasteiger partial charge on any atom is -0.370 e. The summed E-state index contributed by atoms with van der Waals surface area (Å²) in [5, 5.41) is 10.4. The van der Waals surface area contributed by atoms with Crippen molar-refractivity contribution in [1.82, 2.24) is 15.1 Å². The summed E-state index contributed by atoms with van der Waals surface area (Å²) in [7, 11) is 0. The van der Waals surface area contributed by atoms with Gasteiger partial charge >= 0.3 is 0 Å². The van der Waals surface area contributed by atoms with Crippen LogP contribution in [0.4, 0.5) is 5.69 Å². The van der Waals surface area contributed by atoms with Crippen LogP contribution in [0.2, 0.25) is 0 Å². The fourth-order valence-corrected chi connectivity index (χ4v) is 5.26. The van der Waals surface area contributed by atoms with Gasteiger partial charge in [0.1, 0.15) is 0 Å². The average molecular weight is 439 g/mol. The Kier molecular flexibility index (Phi) is 7.31. The third kappa shape index (κ3) is 4.91. The average Bonchev–Trinajstić information content (AvgIpc) is 3.24. The van der Waals surface area contributed by atoms with Crippen molar-refractivity contribution >= 4 is 11.6 Å². The van der Waals surface area contributed by atoms with Crippen LogP contribution in [0.15, 0.2) is 24.3 Å². The minimum absolute atomic E-state index is 0.0878. The van der Waals surface area contributed by atoms with Gasteiger partial charge in [-0.2, -0.15) is 5.10 Å². The Hall–Kier alpha value is -2.18. The lowest BCUT2D eigenvalue weighted by Gasteiger charge is -2.42. The van der Waals surface area contributed by atoms with Crippen LogP contribution in [0.5, 0.6) is 0 Å². The zero-order chi connectivity index (χ0) is 22.7. The van der Waals surface area contributed by atoms with Crippen LogP contribution in [0.25, 0.3) is 0 Å². The van der Waals surface area contributed by atoms with E-state index in [2.05, 4.69) is 60.2 Å². The summed E-state index contributed by atoms with van der Waals surface area (Å²) >= 11 is 0. The van der Waals surface area contributed by atoms with Gasteiger partial charge in [0.15, 0.2) is 5.69 Å². The molecule has 2 heterocycles. The first-order valence-corrected chi connectivity index (χ1v) is 12.4. The Bertz CT molecular complexity index is 901. The van der Waals surface area contributed by atoms with Crippen LogP contribution in [-0.4, -0.2) is 46.2 Å². The molecule has 174 valence electrons. The molecule has 1 aromatic heterocycles. The summed E-state index contributed by atoms with van der Waals surface area (Å²) in [6, 6.07) is 8.72. The number of aromatic nitrogens is 2. The maximum absolute atomic E-state index is 12.8. The number of aromatic amines is 1. The van der Waals surface area contributed by atoms with Crippen LogP contribution in [0, 0.1) is 5.92 Å². The number of aryl methyl sites for hydroxylation is 1. The van der Waals surface area contributed by atoms with E-state index in [9.17, 15) is 4.79 Å². The zero-order valence-electron chi connectivity index (χ0n) is 20.0. The Morgan fingerprint density at radius 3 is 2.56 bits per heavy atom. The third-order valence-corrected chi connectivity index (χ3v) is 7.21. The van der Waals surface area contributed by atoms with Crippen molar-refractivity contribution in [1.29, 1.82) is 0 Å². The van der Waals surface area contributed by atoms with Gasteiger partial charge in [0.25, 0.3) is 5.91 Å². The summed E-state index contributed by atoms with van der Waals surface area (Å²) in [5.41, 5.74) is 4.73. The molecule has 0 saturated carbocycles. The zero-order valence-corrected chi connectivity index (χ0v) is 20.0. The van der Waals surface area contributed by atoms with Gasteiger partial charge in [0.2, 0.25) is 0 Å². The van der Waals surface area contributed by atoms with E-state index in [0.717, 1.165) is 68.6 Å². The number of anilines is 1. The van der Waals surface area contributed by atoms with Crippen molar-refractivity contribution in [2.24, 2.45) is 5.92 Å². The summed E-state index contributed by atoms with van der Waals surface area (Å²) in [4.78, 5) is 15.4. The molecule has 0 bridgehead atoms. The molecule has 6 nitrogen and oxygen atoms in total. The number of rotatable bonds is 7. The first kappa shape index (κ1) is 23.0. The Balaban J connectivity index is 1.45. The molecule has 0 spiro atoms. The minimum atomic E-state index is -0.132. The molecule has 4 rings (SSSR count). The molecule has 0 unspecified atom stereocenters. The predicted octanol–water partition coefficient (Wildman–Crippen LogP) is 5.13. The van der Waals surface area contributed by atoms with Crippen molar-refractivity contribution in [2.45, 2.75) is 84.5 Å². The van der Waals surface area contributed by atoms with Crippen LogP contribution in [0.1, 0.15) is 86.8 Å². The monoisotopic (exact) mass is 438 g/mol. The van der Waals surface area contributed by atoms with Gasteiger partial charge in [0, 0.05) is 23.0 Å². The maximum Gasteiger partial charge on any atom is 0.276 e. The van der Waals surface area contributed by atoms with Gasteiger partial charge in [-0.05, 0) is 75.2 Å². The summed E-state index contributed by atoms with van der Waals surface area (Å²) < 4.78 is 6.52. The normalized spacial score (nSPS) is 23.4. The molecule has 6 heteroatoms. The lowest BCUT2D eigenvalue weighted by molar-refractivity contribution is -0.101. The van der Waals surface area contributed by atoms with Gasteiger partial charge in [-0.3, -0.25) is 9.89 Å². The van der Waals surface area contributed by atoms with Crippen LogP contribution < -0.4 is 5.32 Å². The molecule has 2 N–H and O–H groups in total. The number of nitrogens with zero attached hydrogens (tertiary/aromatic N) is 2. The van der Waals surface area contributed by atoms with Gasteiger partial charge in [-0.15, -0.1) is 0 Å². The van der Waals surface area contributed by atoms with E-state index in [-0.39, 0.29) is 18.1 Å². The molecule has 1 aromatic carbocycles. The van der Waals surface area contributed by atoms with E-state index in [4.69, 9.17) is 4.74 Å². The van der Waals surface area contributed by atoms with Crippen molar-refractivity contribution in [3.8, 4) is 0 Å². The number of carbonyl (C=O) groups is 1. The highest BCUT2D eigenvalue weighted by Crippen LogP contribution is 2.36. The Labute approximate surface area is 192 Å². The van der Waals surface area contributed by atoms with E-state index in [1.54, 1.807) is 0 Å². The number of fused-ring (bicyclic) bond motifs is 1. The first-order valence-electron chi connectivity index (χ1n) is 12.4. The Morgan fingerprint density at radius 1 is 1.16 bits per heavy atom. The topological polar surface area (TPSA) is 70.2 Å². The van der Waals surface area contributed by atoms with Crippen LogP contribution in [-0.2, 0) is 17.6 Å². The summed E-state index contributed by atoms with van der Waals surface area (Å²) in [6.07, 6.45) is 6.65. The fraction of sp³-hybridized carbons (Fsp3) is 0.615. The second kappa shape index (κ2) is 10.2. The molecule has 1 saturated heterocycles. The highest BCUT2D eigenvalue weighted by atomic mass is 16.5. The van der Waals surface area contributed by atoms with Crippen molar-refractivity contribution in [3.63, 3.8) is 0 Å². The number of nitrogens with one attached hydrogen (secondary N) is 2. The number of H-pyrrole nitrogens is 1. The molecule has 2 aromatic rings. The van der Waals surface area contributed by atoms with Crippen LogP contribution in [0.3, 0.4) is 0 Å². The van der Waals surface area contributed by atoms with E-state index in [0.29, 0.717) is 17.7 Å². The number of benzene rings is 1. The number of carbonyl (C=O) groups excluding carboxylic acids is 1. The maximum atomic E-state index is 12.8.